The second-order valence-corrected chi connectivity index (χ2v) is 9.35. The zero-order chi connectivity index (χ0) is 26.4. The van der Waals surface area contributed by atoms with Crippen molar-refractivity contribution in [1.82, 2.24) is 4.57 Å². The molecule has 6 nitrogen and oxygen atoms in total. The average Bonchev–Trinajstić information content (AvgIpc) is 3.20. The quantitative estimate of drug-likeness (QED) is 0.380. The van der Waals surface area contributed by atoms with Crippen LogP contribution in [-0.4, -0.2) is 17.1 Å². The van der Waals surface area contributed by atoms with Crippen molar-refractivity contribution in [3.8, 4) is 17.5 Å². The largest absolute Gasteiger partial charge is 0.490 e. The van der Waals surface area contributed by atoms with E-state index in [-0.39, 0.29) is 15.8 Å². The molecule has 0 aliphatic heterocycles. The summed E-state index contributed by atoms with van der Waals surface area (Å²) in [6.07, 6.45) is 3.41. The minimum absolute atomic E-state index is 0.140. The minimum atomic E-state index is -0.579. The van der Waals surface area contributed by atoms with Crippen LogP contribution in [0.5, 0.6) is 5.75 Å². The summed E-state index contributed by atoms with van der Waals surface area (Å²) in [5.41, 5.74) is 3.41. The molecule has 4 aromatic rings. The predicted molar refractivity (Wildman–Crippen MR) is 148 cm³/mol. The fourth-order valence-electron chi connectivity index (χ4n) is 3.68. The SMILES string of the molecule is C=CCOc1ccc(/C=c2/s/c(=C(/C#N)C(=O)Nc3ccc(C)cc3)n(-c3ccccc3C)c2=O)cc1. The Kier molecular flexibility index (Phi) is 7.82. The van der Waals surface area contributed by atoms with Crippen LogP contribution in [0.3, 0.4) is 0 Å². The van der Waals surface area contributed by atoms with Crippen LogP contribution in [0.15, 0.2) is 90.2 Å². The van der Waals surface area contributed by atoms with Crippen LogP contribution in [0.1, 0.15) is 16.7 Å². The summed E-state index contributed by atoms with van der Waals surface area (Å²) in [6.45, 7) is 7.87. The Morgan fingerprint density at radius 2 is 1.78 bits per heavy atom. The number of thiazole rings is 1. The zero-order valence-corrected chi connectivity index (χ0v) is 21.3. The summed E-state index contributed by atoms with van der Waals surface area (Å²) in [6, 6.07) is 24.0. The standard InChI is InChI=1S/C30H25N3O3S/c1-4-17-36-24-15-11-22(12-16-24)18-27-29(35)33(26-8-6-5-7-21(26)3)30(37-27)25(19-31)28(34)32-23-13-9-20(2)10-14-23/h4-16,18H,1,17H2,2-3H3,(H,32,34)/b27-18+,30-25-. The van der Waals surface area contributed by atoms with Crippen LogP contribution >= 0.6 is 11.3 Å². The summed E-state index contributed by atoms with van der Waals surface area (Å²) in [7, 11) is 0. The van der Waals surface area contributed by atoms with E-state index in [1.54, 1.807) is 30.4 Å². The second-order valence-electron chi connectivity index (χ2n) is 8.32. The Bertz CT molecular complexity index is 1670. The number of nitrogens with one attached hydrogen (secondary N) is 1. The number of nitriles is 1. The first-order chi connectivity index (χ1) is 17.9. The molecule has 0 fully saturated rings. The van der Waals surface area contributed by atoms with Gasteiger partial charge in [0.15, 0.2) is 5.57 Å². The number of benzene rings is 3. The highest BCUT2D eigenvalue weighted by atomic mass is 32.1. The van der Waals surface area contributed by atoms with Crippen LogP contribution in [0.4, 0.5) is 5.69 Å². The molecule has 4 rings (SSSR count). The lowest BCUT2D eigenvalue weighted by Gasteiger charge is -2.08. The van der Waals surface area contributed by atoms with E-state index in [0.717, 1.165) is 28.0 Å². The van der Waals surface area contributed by atoms with Crippen molar-refractivity contribution in [3.63, 3.8) is 0 Å². The molecule has 0 spiro atoms. The first-order valence-corrected chi connectivity index (χ1v) is 12.4. The number of rotatable bonds is 7. The number of nitrogens with zero attached hydrogens (tertiary/aromatic N) is 2. The zero-order valence-electron chi connectivity index (χ0n) is 20.5. The number of ether oxygens (including phenoxy) is 1. The van der Waals surface area contributed by atoms with Gasteiger partial charge in [-0.1, -0.05) is 60.7 Å². The maximum atomic E-state index is 13.6. The van der Waals surface area contributed by atoms with Gasteiger partial charge in [0.2, 0.25) is 0 Å². The molecule has 0 saturated heterocycles. The number of para-hydroxylation sites is 1. The van der Waals surface area contributed by atoms with Gasteiger partial charge in [-0.25, -0.2) is 0 Å². The normalized spacial score (nSPS) is 12.0. The van der Waals surface area contributed by atoms with E-state index in [1.165, 1.54) is 4.57 Å². The summed E-state index contributed by atoms with van der Waals surface area (Å²) in [5.74, 6) is 0.110. The smallest absolute Gasteiger partial charge is 0.273 e. The van der Waals surface area contributed by atoms with Gasteiger partial charge in [-0.3, -0.25) is 14.2 Å². The number of carbonyl (C=O) groups is 1. The maximum absolute atomic E-state index is 13.6. The summed E-state index contributed by atoms with van der Waals surface area (Å²) in [5, 5.41) is 12.8. The van der Waals surface area contributed by atoms with Crippen molar-refractivity contribution in [1.29, 1.82) is 5.26 Å². The summed E-state index contributed by atoms with van der Waals surface area (Å²) >= 11 is 1.11. The first-order valence-electron chi connectivity index (χ1n) is 11.6. The fourth-order valence-corrected chi connectivity index (χ4v) is 4.77. The molecule has 0 atom stereocenters. The molecule has 1 amide bonds. The monoisotopic (exact) mass is 507 g/mol. The molecule has 1 aromatic heterocycles. The van der Waals surface area contributed by atoms with Crippen molar-refractivity contribution in [2.24, 2.45) is 0 Å². The molecule has 0 aliphatic carbocycles. The molecule has 0 radical (unpaired) electrons. The van der Waals surface area contributed by atoms with Gasteiger partial charge in [0.25, 0.3) is 11.5 Å². The summed E-state index contributed by atoms with van der Waals surface area (Å²) < 4.78 is 7.64. The van der Waals surface area contributed by atoms with E-state index in [1.807, 2.05) is 74.5 Å². The Labute approximate surface area is 218 Å². The topological polar surface area (TPSA) is 84.1 Å². The third-order valence-electron chi connectivity index (χ3n) is 5.59. The van der Waals surface area contributed by atoms with Crippen molar-refractivity contribution < 1.29 is 9.53 Å². The fraction of sp³-hybridized carbons (Fsp3) is 0.100. The highest BCUT2D eigenvalue weighted by Gasteiger charge is 2.18. The lowest BCUT2D eigenvalue weighted by atomic mass is 10.2. The third-order valence-corrected chi connectivity index (χ3v) is 6.68. The molecular formula is C30H25N3O3S. The van der Waals surface area contributed by atoms with Crippen LogP contribution in [0.2, 0.25) is 0 Å². The molecule has 0 unspecified atom stereocenters. The molecule has 184 valence electrons. The van der Waals surface area contributed by atoms with Gasteiger partial charge in [0, 0.05) is 5.69 Å². The van der Waals surface area contributed by atoms with Gasteiger partial charge in [0.05, 0.1) is 10.2 Å². The number of hydrogen-bond acceptors (Lipinski definition) is 5. The van der Waals surface area contributed by atoms with Crippen LogP contribution in [0.25, 0.3) is 17.3 Å². The number of hydrogen-bond donors (Lipinski definition) is 1. The lowest BCUT2D eigenvalue weighted by molar-refractivity contribution is -0.111. The molecule has 37 heavy (non-hydrogen) atoms. The minimum Gasteiger partial charge on any atom is -0.490 e. The van der Waals surface area contributed by atoms with Gasteiger partial charge < -0.3 is 10.1 Å². The van der Waals surface area contributed by atoms with Crippen molar-refractivity contribution in [3.05, 3.63) is 122 Å². The van der Waals surface area contributed by atoms with E-state index in [9.17, 15) is 14.9 Å². The molecule has 7 heteroatoms. The highest BCUT2D eigenvalue weighted by molar-refractivity contribution is 7.07. The number of amides is 1. The molecular weight excluding hydrogens is 482 g/mol. The molecule has 0 aliphatic rings. The Hall–Kier alpha value is -4.67. The lowest BCUT2D eigenvalue weighted by Crippen LogP contribution is -2.32. The predicted octanol–water partition coefficient (Wildman–Crippen LogP) is 4.22. The van der Waals surface area contributed by atoms with Crippen LogP contribution in [0, 0.1) is 25.2 Å². The molecule has 0 bridgehead atoms. The summed E-state index contributed by atoms with van der Waals surface area (Å²) in [4.78, 5) is 26.8. The van der Waals surface area contributed by atoms with Crippen LogP contribution < -0.4 is 24.8 Å². The molecule has 0 saturated carbocycles. The van der Waals surface area contributed by atoms with Gasteiger partial charge in [-0.05, 0) is 61.4 Å². The van der Waals surface area contributed by atoms with E-state index < -0.39 is 5.91 Å². The molecule has 1 N–H and O–H groups in total. The van der Waals surface area contributed by atoms with E-state index in [0.29, 0.717) is 28.3 Å². The van der Waals surface area contributed by atoms with Crippen molar-refractivity contribution in [2.45, 2.75) is 13.8 Å². The molecule has 1 heterocycles. The van der Waals surface area contributed by atoms with E-state index in [4.69, 9.17) is 4.74 Å². The van der Waals surface area contributed by atoms with Crippen molar-refractivity contribution in [2.75, 3.05) is 11.9 Å². The number of carbonyl (C=O) groups excluding carboxylic acids is 1. The highest BCUT2D eigenvalue weighted by Crippen LogP contribution is 2.14. The van der Waals surface area contributed by atoms with Crippen molar-refractivity contribution >= 4 is 34.6 Å². The van der Waals surface area contributed by atoms with Gasteiger partial charge in [-0.2, -0.15) is 5.26 Å². The maximum Gasteiger partial charge on any atom is 0.273 e. The van der Waals surface area contributed by atoms with Crippen LogP contribution in [-0.2, 0) is 4.79 Å². The first kappa shape index (κ1) is 25.4. The van der Waals surface area contributed by atoms with Gasteiger partial charge in [-0.15, -0.1) is 11.3 Å². The average molecular weight is 508 g/mol. The third kappa shape index (κ3) is 5.77. The van der Waals surface area contributed by atoms with E-state index >= 15 is 0 Å². The molecule has 3 aromatic carbocycles. The number of aryl methyl sites for hydroxylation is 2. The van der Waals surface area contributed by atoms with Gasteiger partial charge >= 0.3 is 0 Å². The Balaban J connectivity index is 1.89. The Morgan fingerprint density at radius 1 is 1.08 bits per heavy atom. The second kappa shape index (κ2) is 11.4. The number of aromatic nitrogens is 1. The van der Waals surface area contributed by atoms with E-state index in [2.05, 4.69) is 11.9 Å². The Morgan fingerprint density at radius 3 is 2.43 bits per heavy atom. The number of anilines is 1. The van der Waals surface area contributed by atoms with Gasteiger partial charge in [0.1, 0.15) is 23.1 Å².